The Hall–Kier alpha value is -1.55. The molecule has 0 aromatic carbocycles. The second-order valence-electron chi connectivity index (χ2n) is 4.60. The number of aromatic nitrogens is 2. The van der Waals surface area contributed by atoms with Gasteiger partial charge in [-0.25, -0.2) is 18.5 Å². The molecule has 0 unspecified atom stereocenters. The predicted molar refractivity (Wildman–Crippen MR) is 105 cm³/mol. The summed E-state index contributed by atoms with van der Waals surface area (Å²) in [6.45, 7) is 0.209. The Bertz CT molecular complexity index is 851. The summed E-state index contributed by atoms with van der Waals surface area (Å²) in [7, 11) is -13.9. The first-order valence-corrected chi connectivity index (χ1v) is 12.0. The largest absolute Gasteiger partial charge is 0.466 e. The van der Waals surface area contributed by atoms with Crippen LogP contribution in [0.5, 0.6) is 0 Å². The molecule has 0 amide bonds. The summed E-state index contributed by atoms with van der Waals surface area (Å²) in [5.74, 6) is 5.39. The number of nitrogen functional groups attached to an aromatic ring is 1. The normalized spacial score (nSPS) is 10.7. The number of rotatable bonds is 4. The van der Waals surface area contributed by atoms with Gasteiger partial charge in [0.25, 0.3) is 0 Å². The topological polar surface area (TPSA) is 350 Å². The smallest absolute Gasteiger partial charge is 0.394 e. The van der Waals surface area contributed by atoms with Crippen LogP contribution in [0.3, 0.4) is 0 Å². The van der Waals surface area contributed by atoms with Gasteiger partial charge < -0.3 is 65.4 Å². The minimum absolute atomic E-state index is 0.00994. The summed E-state index contributed by atoms with van der Waals surface area (Å²) < 4.78 is 32.9. The lowest BCUT2D eigenvalue weighted by Crippen LogP contribution is -2.26. The van der Waals surface area contributed by atoms with Crippen molar-refractivity contribution in [3.8, 4) is 11.8 Å². The number of ether oxygens (including phenoxy) is 1. The summed E-state index contributed by atoms with van der Waals surface area (Å²) >= 11 is 0. The number of phosphoric acid groups is 3. The van der Waals surface area contributed by atoms with Crippen molar-refractivity contribution in [3.05, 3.63) is 22.2 Å². The lowest BCUT2D eigenvalue weighted by atomic mass is 10.3. The zero-order valence-electron chi connectivity index (χ0n) is 15.8. The van der Waals surface area contributed by atoms with E-state index in [0.29, 0.717) is 5.56 Å². The zero-order valence-corrected chi connectivity index (χ0v) is 18.5. The number of nitrogens with two attached hydrogens (primary N) is 2. The summed E-state index contributed by atoms with van der Waals surface area (Å²) in [6.07, 6.45) is 1.45. The van der Waals surface area contributed by atoms with Crippen LogP contribution in [0.15, 0.2) is 11.0 Å². The fraction of sp³-hybridized carbons (Fsp3) is 0.400. The first-order valence-electron chi connectivity index (χ1n) is 7.28. The maximum Gasteiger partial charge on any atom is 0.466 e. The number of anilines is 1. The van der Waals surface area contributed by atoms with Crippen molar-refractivity contribution in [1.82, 2.24) is 9.55 Å². The highest BCUT2D eigenvalue weighted by Gasteiger charge is 2.04. The zero-order chi connectivity index (χ0) is 26.2. The highest BCUT2D eigenvalue weighted by atomic mass is 31.2. The van der Waals surface area contributed by atoms with E-state index in [-0.39, 0.29) is 32.3 Å². The average Bonchev–Trinajstić information content (AvgIpc) is 2.51. The number of hydrogen-bond donors (Lipinski definition) is 12. The van der Waals surface area contributed by atoms with Crippen molar-refractivity contribution >= 4 is 29.3 Å². The number of nitrogens with zero attached hydrogens (tertiary/aromatic N) is 2. The van der Waals surface area contributed by atoms with Gasteiger partial charge in [-0.2, -0.15) is 4.98 Å². The Morgan fingerprint density at radius 3 is 1.72 bits per heavy atom. The molecule has 0 radical (unpaired) electrons. The Morgan fingerprint density at radius 2 is 1.38 bits per heavy atom. The van der Waals surface area contributed by atoms with Crippen LogP contribution in [0.2, 0.25) is 0 Å². The maximum atomic E-state index is 11.4. The third-order valence-corrected chi connectivity index (χ3v) is 1.81. The molecule has 0 aliphatic rings. The van der Waals surface area contributed by atoms with E-state index < -0.39 is 29.2 Å². The van der Waals surface area contributed by atoms with Gasteiger partial charge in [-0.05, 0) is 0 Å². The fourth-order valence-electron chi connectivity index (χ4n) is 1.07. The third kappa shape index (κ3) is 39.0. The summed E-state index contributed by atoms with van der Waals surface area (Å²) in [5, 5.41) is 8.54. The van der Waals surface area contributed by atoms with Crippen molar-refractivity contribution in [2.24, 2.45) is 5.73 Å². The van der Waals surface area contributed by atoms with Gasteiger partial charge in [-0.15, -0.1) is 0 Å². The van der Waals surface area contributed by atoms with Crippen LogP contribution < -0.4 is 17.2 Å². The molecule has 1 heterocycles. The molecular formula is C10H23N4O15P3. The highest BCUT2D eigenvalue weighted by Crippen LogP contribution is 2.26. The van der Waals surface area contributed by atoms with Crippen LogP contribution in [0.4, 0.5) is 5.82 Å². The molecular weight excluding hydrogens is 509 g/mol. The van der Waals surface area contributed by atoms with E-state index in [4.69, 9.17) is 79.0 Å². The van der Waals surface area contributed by atoms with Crippen LogP contribution in [-0.4, -0.2) is 78.5 Å². The molecule has 0 aliphatic carbocycles. The number of aliphatic hydroxyl groups is 1. The van der Waals surface area contributed by atoms with Crippen LogP contribution in [0.1, 0.15) is 5.56 Å². The first-order chi connectivity index (χ1) is 14.2. The molecule has 0 atom stereocenters. The van der Waals surface area contributed by atoms with E-state index in [2.05, 4.69) is 16.8 Å². The molecule has 19 nitrogen and oxygen atoms in total. The lowest BCUT2D eigenvalue weighted by Gasteiger charge is -2.06. The molecule has 22 heteroatoms. The fourth-order valence-corrected chi connectivity index (χ4v) is 1.07. The van der Waals surface area contributed by atoms with E-state index in [1.54, 1.807) is 0 Å². The molecule has 0 bridgehead atoms. The van der Waals surface area contributed by atoms with Gasteiger partial charge in [0.1, 0.15) is 12.5 Å². The minimum Gasteiger partial charge on any atom is -0.394 e. The highest BCUT2D eigenvalue weighted by molar-refractivity contribution is 7.45. The van der Waals surface area contributed by atoms with E-state index in [0.717, 1.165) is 0 Å². The van der Waals surface area contributed by atoms with E-state index >= 15 is 0 Å². The van der Waals surface area contributed by atoms with Gasteiger partial charge in [0.05, 0.1) is 25.3 Å². The summed E-state index contributed by atoms with van der Waals surface area (Å²) in [6, 6.07) is 0. The summed E-state index contributed by atoms with van der Waals surface area (Å²) in [4.78, 5) is 79.7. The van der Waals surface area contributed by atoms with Crippen molar-refractivity contribution < 1.29 is 67.6 Å². The first kappa shape index (κ1) is 35.0. The molecule has 0 spiro atoms. The molecule has 32 heavy (non-hydrogen) atoms. The molecule has 1 rings (SSSR count). The number of aliphatic hydroxyl groups excluding tert-OH is 1. The van der Waals surface area contributed by atoms with Crippen molar-refractivity contribution in [3.63, 3.8) is 0 Å². The maximum absolute atomic E-state index is 11.4. The van der Waals surface area contributed by atoms with Crippen LogP contribution >= 0.6 is 23.5 Å². The summed E-state index contributed by atoms with van der Waals surface area (Å²) in [5.41, 5.74) is 10.7. The molecule has 14 N–H and O–H groups in total. The van der Waals surface area contributed by atoms with Gasteiger partial charge in [-0.1, -0.05) is 11.8 Å². The molecule has 0 saturated heterocycles. The van der Waals surface area contributed by atoms with Crippen LogP contribution in [-0.2, 0) is 25.2 Å². The molecule has 0 fully saturated rings. The van der Waals surface area contributed by atoms with Gasteiger partial charge in [-0.3, -0.25) is 4.57 Å². The van der Waals surface area contributed by atoms with Crippen LogP contribution in [0.25, 0.3) is 0 Å². The second kappa shape index (κ2) is 17.0. The Kier molecular flexibility index (Phi) is 18.6. The van der Waals surface area contributed by atoms with Crippen molar-refractivity contribution in [2.45, 2.75) is 6.73 Å². The molecule has 1 aromatic heterocycles. The lowest BCUT2D eigenvalue weighted by molar-refractivity contribution is 0.0457. The molecule has 0 saturated carbocycles. The Labute approximate surface area is 179 Å². The standard InChI is InChI=1S/C10H14N4O3.3H3O4P/c11-3-1-2-8-6-14(7-17-5-4-15)10(16)13-9(8)12;3*1-5(2,3)4/h6,15H,3-5,7,11H2,(H2,12,13,16);3*(H3,1,2,3,4). The van der Waals surface area contributed by atoms with Crippen LogP contribution in [0, 0.1) is 11.8 Å². The van der Waals surface area contributed by atoms with Gasteiger partial charge in [0.15, 0.2) is 0 Å². The minimum atomic E-state index is -4.64. The Balaban J connectivity index is -0.000000458. The molecule has 1 aromatic rings. The molecule has 188 valence electrons. The number of hydrogen-bond acceptors (Lipinski definition) is 9. The van der Waals surface area contributed by atoms with E-state index in [1.165, 1.54) is 10.8 Å². The van der Waals surface area contributed by atoms with E-state index in [1.807, 2.05) is 0 Å². The predicted octanol–water partition coefficient (Wildman–Crippen LogP) is -4.68. The monoisotopic (exact) mass is 532 g/mol. The SMILES string of the molecule is NCC#Cc1cn(COCCO)c(=O)nc1N.O=P(O)(O)O.O=P(O)(O)O.O=P(O)(O)O. The second-order valence-corrected chi connectivity index (χ2v) is 7.68. The quantitative estimate of drug-likeness (QED) is 0.0984. The Morgan fingerprint density at radius 1 is 0.969 bits per heavy atom. The van der Waals surface area contributed by atoms with Crippen molar-refractivity contribution in [1.29, 1.82) is 0 Å². The van der Waals surface area contributed by atoms with Gasteiger partial charge in [0.2, 0.25) is 0 Å². The third-order valence-electron chi connectivity index (χ3n) is 1.81. The average molecular weight is 532 g/mol. The molecule has 0 aliphatic heterocycles. The van der Waals surface area contributed by atoms with E-state index in [9.17, 15) is 4.79 Å². The van der Waals surface area contributed by atoms with Gasteiger partial charge in [0, 0.05) is 6.20 Å². The van der Waals surface area contributed by atoms with Crippen molar-refractivity contribution in [2.75, 3.05) is 25.5 Å². The van der Waals surface area contributed by atoms with Gasteiger partial charge >= 0.3 is 29.2 Å².